The van der Waals surface area contributed by atoms with E-state index in [1.807, 2.05) is 0 Å². The second-order valence-electron chi connectivity index (χ2n) is 3.83. The fourth-order valence-electron chi connectivity index (χ4n) is 1.62. The van der Waals surface area contributed by atoms with Crippen molar-refractivity contribution in [2.45, 2.75) is 24.7 Å². The van der Waals surface area contributed by atoms with Gasteiger partial charge in [0.1, 0.15) is 0 Å². The third-order valence-corrected chi connectivity index (χ3v) is 2.56. The lowest BCUT2D eigenvalue weighted by molar-refractivity contribution is -0.136. The normalized spacial score (nSPS) is 22.4. The van der Waals surface area contributed by atoms with E-state index in [9.17, 15) is 13.6 Å². The first-order valence-electron chi connectivity index (χ1n) is 4.67. The second kappa shape index (κ2) is 3.29. The van der Waals surface area contributed by atoms with Crippen molar-refractivity contribution in [1.82, 2.24) is 0 Å². The summed E-state index contributed by atoms with van der Waals surface area (Å²) in [6.45, 7) is 0. The van der Waals surface area contributed by atoms with Crippen LogP contribution in [0.15, 0.2) is 24.3 Å². The van der Waals surface area contributed by atoms with E-state index in [1.54, 1.807) is 24.3 Å². The lowest BCUT2D eigenvalue weighted by Crippen LogP contribution is -2.00. The van der Waals surface area contributed by atoms with Crippen molar-refractivity contribution < 1.29 is 18.7 Å². The smallest absolute Gasteiger partial charge is 0.307 e. The molecule has 0 aliphatic heterocycles. The van der Waals surface area contributed by atoms with Gasteiger partial charge in [0.25, 0.3) is 5.92 Å². The van der Waals surface area contributed by atoms with E-state index < -0.39 is 17.8 Å². The molecule has 1 atom stereocenters. The summed E-state index contributed by atoms with van der Waals surface area (Å²) in [5.74, 6) is -4.15. The highest BCUT2D eigenvalue weighted by Crippen LogP contribution is 2.55. The molecule has 0 unspecified atom stereocenters. The van der Waals surface area contributed by atoms with Gasteiger partial charge in [0, 0.05) is 6.42 Å². The predicted octanol–water partition coefficient (Wildman–Crippen LogP) is 2.44. The average Bonchev–Trinajstić information content (AvgIpc) is 2.75. The van der Waals surface area contributed by atoms with Crippen molar-refractivity contribution in [2.75, 3.05) is 0 Å². The van der Waals surface area contributed by atoms with Crippen molar-refractivity contribution in [2.24, 2.45) is 0 Å². The Morgan fingerprint density at radius 2 is 1.93 bits per heavy atom. The minimum absolute atomic E-state index is 0.0681. The van der Waals surface area contributed by atoms with E-state index in [0.717, 1.165) is 0 Å². The van der Waals surface area contributed by atoms with Crippen molar-refractivity contribution in [3.63, 3.8) is 0 Å². The van der Waals surface area contributed by atoms with Crippen LogP contribution in [0, 0.1) is 0 Å². The molecule has 0 radical (unpaired) electrons. The lowest BCUT2D eigenvalue weighted by Gasteiger charge is -2.01. The van der Waals surface area contributed by atoms with E-state index in [-0.39, 0.29) is 12.8 Å². The van der Waals surface area contributed by atoms with Crippen LogP contribution in [0.2, 0.25) is 0 Å². The third kappa shape index (κ3) is 2.14. The van der Waals surface area contributed by atoms with Gasteiger partial charge in [0.2, 0.25) is 0 Å². The molecule has 1 aliphatic rings. The molecule has 0 aromatic heterocycles. The molecule has 0 saturated heterocycles. The highest BCUT2D eigenvalue weighted by Gasteiger charge is 2.57. The van der Waals surface area contributed by atoms with Crippen molar-refractivity contribution in [3.05, 3.63) is 35.4 Å². The fourth-order valence-corrected chi connectivity index (χ4v) is 1.62. The largest absolute Gasteiger partial charge is 0.481 e. The molecule has 2 rings (SSSR count). The standard InChI is InChI=1S/C11H10F2O2/c12-11(13)6-9(11)8-3-1-7(2-4-8)5-10(14)15/h1-4,9H,5-6H2,(H,14,15)/t9-/m0/s1. The Balaban J connectivity index is 2.08. The monoisotopic (exact) mass is 212 g/mol. The van der Waals surface area contributed by atoms with Gasteiger partial charge in [-0.1, -0.05) is 24.3 Å². The van der Waals surface area contributed by atoms with Crippen LogP contribution in [-0.2, 0) is 11.2 Å². The Morgan fingerprint density at radius 3 is 2.33 bits per heavy atom. The molecule has 1 fully saturated rings. The lowest BCUT2D eigenvalue weighted by atomic mass is 10.1. The summed E-state index contributed by atoms with van der Waals surface area (Å²) in [7, 11) is 0. The predicted molar refractivity (Wildman–Crippen MR) is 50.1 cm³/mol. The molecule has 80 valence electrons. The quantitative estimate of drug-likeness (QED) is 0.835. The summed E-state index contributed by atoms with van der Waals surface area (Å²) in [5.41, 5.74) is 1.23. The number of aliphatic carboxylic acids is 1. The third-order valence-electron chi connectivity index (χ3n) is 2.56. The average molecular weight is 212 g/mol. The van der Waals surface area contributed by atoms with Crippen LogP contribution in [0.3, 0.4) is 0 Å². The van der Waals surface area contributed by atoms with E-state index in [4.69, 9.17) is 5.11 Å². The van der Waals surface area contributed by atoms with Gasteiger partial charge in [0.05, 0.1) is 12.3 Å². The maximum Gasteiger partial charge on any atom is 0.307 e. The zero-order valence-electron chi connectivity index (χ0n) is 7.91. The summed E-state index contributed by atoms with van der Waals surface area (Å²) >= 11 is 0. The number of hydrogen-bond donors (Lipinski definition) is 1. The molecule has 1 N–H and O–H groups in total. The van der Waals surface area contributed by atoms with Crippen LogP contribution in [0.4, 0.5) is 8.78 Å². The highest BCUT2D eigenvalue weighted by atomic mass is 19.3. The van der Waals surface area contributed by atoms with Crippen LogP contribution in [0.25, 0.3) is 0 Å². The molecule has 1 aromatic carbocycles. The molecule has 0 bridgehead atoms. The van der Waals surface area contributed by atoms with Crippen molar-refractivity contribution in [3.8, 4) is 0 Å². The minimum Gasteiger partial charge on any atom is -0.481 e. The number of alkyl halides is 2. The first-order valence-corrected chi connectivity index (χ1v) is 4.67. The van der Waals surface area contributed by atoms with Gasteiger partial charge in [-0.3, -0.25) is 4.79 Å². The molecular weight excluding hydrogens is 202 g/mol. The molecule has 1 aliphatic carbocycles. The maximum absolute atomic E-state index is 12.7. The number of carboxylic acids is 1. The minimum atomic E-state index is -2.56. The Labute approximate surface area is 85.5 Å². The van der Waals surface area contributed by atoms with Crippen LogP contribution in [0.1, 0.15) is 23.5 Å². The van der Waals surface area contributed by atoms with Gasteiger partial charge in [-0.25, -0.2) is 8.78 Å². The fraction of sp³-hybridized carbons (Fsp3) is 0.364. The molecule has 1 saturated carbocycles. The van der Waals surface area contributed by atoms with Gasteiger partial charge in [0.15, 0.2) is 0 Å². The first kappa shape index (κ1) is 10.1. The molecule has 0 amide bonds. The van der Waals surface area contributed by atoms with E-state index in [2.05, 4.69) is 0 Å². The van der Waals surface area contributed by atoms with Crippen LogP contribution in [-0.4, -0.2) is 17.0 Å². The van der Waals surface area contributed by atoms with Crippen LogP contribution in [0.5, 0.6) is 0 Å². The number of halogens is 2. The SMILES string of the molecule is O=C(O)Cc1ccc([C@@H]2CC2(F)F)cc1. The van der Waals surface area contributed by atoms with Gasteiger partial charge in [-0.15, -0.1) is 0 Å². The Bertz CT molecular complexity index is 384. The van der Waals surface area contributed by atoms with Crippen LogP contribution >= 0.6 is 0 Å². The molecule has 4 heteroatoms. The maximum atomic E-state index is 12.7. The molecule has 1 aromatic rings. The summed E-state index contributed by atoms with van der Waals surface area (Å²) in [6.07, 6.45) is -0.160. The number of carbonyl (C=O) groups is 1. The molecule has 2 nitrogen and oxygen atoms in total. The summed E-state index contributed by atoms with van der Waals surface area (Å²) < 4.78 is 25.4. The van der Waals surface area contributed by atoms with Gasteiger partial charge < -0.3 is 5.11 Å². The Kier molecular flexibility index (Phi) is 2.21. The first-order chi connectivity index (χ1) is 6.99. The van der Waals surface area contributed by atoms with E-state index >= 15 is 0 Å². The zero-order chi connectivity index (χ0) is 11.1. The van der Waals surface area contributed by atoms with Gasteiger partial charge in [-0.2, -0.15) is 0 Å². The molecule has 0 spiro atoms. The molecule has 0 heterocycles. The molecule has 15 heavy (non-hydrogen) atoms. The van der Waals surface area contributed by atoms with Crippen LogP contribution < -0.4 is 0 Å². The number of rotatable bonds is 3. The van der Waals surface area contributed by atoms with E-state index in [0.29, 0.717) is 11.1 Å². The van der Waals surface area contributed by atoms with Gasteiger partial charge >= 0.3 is 5.97 Å². The zero-order valence-corrected chi connectivity index (χ0v) is 7.91. The summed E-state index contributed by atoms with van der Waals surface area (Å²) in [5, 5.41) is 8.52. The Morgan fingerprint density at radius 1 is 1.40 bits per heavy atom. The van der Waals surface area contributed by atoms with Crippen molar-refractivity contribution >= 4 is 5.97 Å². The van der Waals surface area contributed by atoms with Crippen molar-refractivity contribution in [1.29, 1.82) is 0 Å². The summed E-state index contributed by atoms with van der Waals surface area (Å²) in [4.78, 5) is 10.4. The number of carboxylic acid groups (broad SMARTS) is 1. The molecular formula is C11H10F2O2. The summed E-state index contributed by atoms with van der Waals surface area (Å²) in [6, 6.07) is 6.36. The number of benzene rings is 1. The second-order valence-corrected chi connectivity index (χ2v) is 3.83. The number of hydrogen-bond acceptors (Lipinski definition) is 1. The Hall–Kier alpha value is -1.45. The van der Waals surface area contributed by atoms with Gasteiger partial charge in [-0.05, 0) is 11.1 Å². The van der Waals surface area contributed by atoms with E-state index in [1.165, 1.54) is 0 Å². The topological polar surface area (TPSA) is 37.3 Å². The highest BCUT2D eigenvalue weighted by molar-refractivity contribution is 5.70.